The monoisotopic (exact) mass is 393 g/mol. The van der Waals surface area contributed by atoms with Crippen molar-refractivity contribution in [2.24, 2.45) is 5.73 Å². The summed E-state index contributed by atoms with van der Waals surface area (Å²) < 4.78 is 2.31. The van der Waals surface area contributed by atoms with Gasteiger partial charge in [0.1, 0.15) is 0 Å². The van der Waals surface area contributed by atoms with Crippen LogP contribution in [0.1, 0.15) is 16.5 Å². The Kier molecular flexibility index (Phi) is 3.82. The number of nitrogens with two attached hydrogens (primary N) is 1. The van der Waals surface area contributed by atoms with Gasteiger partial charge in [-0.1, -0.05) is 18.2 Å². The fraction of sp³-hybridized carbons (Fsp3) is 0.0909. The molecule has 1 unspecified atom stereocenters. The van der Waals surface area contributed by atoms with Crippen LogP contribution in [-0.2, 0) is 0 Å². The van der Waals surface area contributed by atoms with Crippen molar-refractivity contribution in [3.05, 3.63) is 54.2 Å². The van der Waals surface area contributed by atoms with E-state index < -0.39 is 0 Å². The first kappa shape index (κ1) is 11.6. The first-order valence-electron chi connectivity index (χ1n) is 4.43. The van der Waals surface area contributed by atoms with Crippen LogP contribution in [0.15, 0.2) is 40.2 Å². The Hall–Kier alpha value is 0.0900. The maximum Gasteiger partial charge on any atom is 0.0667 e. The molecule has 2 rings (SSSR count). The zero-order valence-corrected chi connectivity index (χ0v) is 12.3. The lowest BCUT2D eigenvalue weighted by Crippen LogP contribution is -2.12. The smallest absolute Gasteiger partial charge is 0.0667 e. The van der Waals surface area contributed by atoms with Crippen molar-refractivity contribution in [3.63, 3.8) is 0 Å². The van der Waals surface area contributed by atoms with Gasteiger partial charge in [0.15, 0.2) is 0 Å². The highest BCUT2D eigenvalue weighted by Crippen LogP contribution is 2.33. The van der Waals surface area contributed by atoms with Crippen molar-refractivity contribution in [2.75, 3.05) is 0 Å². The van der Waals surface area contributed by atoms with Gasteiger partial charge in [-0.25, -0.2) is 0 Å². The SMILES string of the molecule is NC(c1ccccc1I)c1sccc1Br. The third-order valence-corrected chi connectivity index (χ3v) is 5.10. The van der Waals surface area contributed by atoms with Gasteiger partial charge in [0.05, 0.1) is 6.04 Å². The lowest BCUT2D eigenvalue weighted by atomic mass is 10.1. The van der Waals surface area contributed by atoms with E-state index in [-0.39, 0.29) is 6.04 Å². The van der Waals surface area contributed by atoms with E-state index in [1.807, 2.05) is 18.2 Å². The summed E-state index contributed by atoms with van der Waals surface area (Å²) in [6.07, 6.45) is 0. The van der Waals surface area contributed by atoms with Gasteiger partial charge in [0.25, 0.3) is 0 Å². The molecule has 0 fully saturated rings. The normalized spacial score (nSPS) is 12.7. The maximum atomic E-state index is 6.24. The van der Waals surface area contributed by atoms with E-state index in [1.54, 1.807) is 11.3 Å². The number of benzene rings is 1. The molecule has 0 aliphatic heterocycles. The molecule has 0 bridgehead atoms. The minimum Gasteiger partial charge on any atom is -0.320 e. The Morgan fingerprint density at radius 2 is 2.00 bits per heavy atom. The molecule has 1 nitrogen and oxygen atoms in total. The summed E-state index contributed by atoms with van der Waals surface area (Å²) in [5, 5.41) is 2.05. The second-order valence-electron chi connectivity index (χ2n) is 3.13. The van der Waals surface area contributed by atoms with Gasteiger partial charge < -0.3 is 5.73 Å². The fourth-order valence-corrected chi connectivity index (χ4v) is 3.76. The number of halogens is 2. The van der Waals surface area contributed by atoms with E-state index in [4.69, 9.17) is 5.73 Å². The fourth-order valence-electron chi connectivity index (χ4n) is 1.40. The quantitative estimate of drug-likeness (QED) is 0.761. The van der Waals surface area contributed by atoms with Crippen LogP contribution in [0.4, 0.5) is 0 Å². The minimum atomic E-state index is -0.0347. The highest BCUT2D eigenvalue weighted by molar-refractivity contribution is 14.1. The Labute approximate surface area is 115 Å². The summed E-state index contributed by atoms with van der Waals surface area (Å²) in [7, 11) is 0. The van der Waals surface area contributed by atoms with Crippen LogP contribution in [0.5, 0.6) is 0 Å². The van der Waals surface area contributed by atoms with E-state index in [9.17, 15) is 0 Å². The molecule has 0 saturated carbocycles. The average Bonchev–Trinajstić information content (AvgIpc) is 2.64. The van der Waals surface area contributed by atoms with Gasteiger partial charge in [-0.05, 0) is 61.6 Å². The molecule has 15 heavy (non-hydrogen) atoms. The molecule has 2 N–H and O–H groups in total. The lowest BCUT2D eigenvalue weighted by molar-refractivity contribution is 0.882. The summed E-state index contributed by atoms with van der Waals surface area (Å²) in [6.45, 7) is 0. The molecular formula is C11H9BrINS. The Balaban J connectivity index is 2.41. The second-order valence-corrected chi connectivity index (χ2v) is 6.10. The molecule has 2 aromatic rings. The molecule has 0 radical (unpaired) electrons. The van der Waals surface area contributed by atoms with E-state index >= 15 is 0 Å². The van der Waals surface area contributed by atoms with Gasteiger partial charge in [0, 0.05) is 12.9 Å². The molecule has 4 heteroatoms. The Bertz CT molecular complexity index is 469. The van der Waals surface area contributed by atoms with Crippen molar-refractivity contribution < 1.29 is 0 Å². The van der Waals surface area contributed by atoms with Gasteiger partial charge in [-0.2, -0.15) is 0 Å². The van der Waals surface area contributed by atoms with Crippen LogP contribution in [0.3, 0.4) is 0 Å². The van der Waals surface area contributed by atoms with E-state index in [2.05, 4.69) is 56.0 Å². The maximum absolute atomic E-state index is 6.24. The number of hydrogen-bond donors (Lipinski definition) is 1. The average molecular weight is 394 g/mol. The van der Waals surface area contributed by atoms with E-state index in [1.165, 1.54) is 14.0 Å². The standard InChI is InChI=1S/C11H9BrINS/c12-8-5-6-15-11(8)10(14)7-3-1-2-4-9(7)13/h1-6,10H,14H2. The molecule has 0 amide bonds. The molecule has 1 aromatic carbocycles. The Morgan fingerprint density at radius 1 is 1.27 bits per heavy atom. The predicted molar refractivity (Wildman–Crippen MR) is 77.2 cm³/mol. The molecule has 1 aromatic heterocycles. The molecule has 0 spiro atoms. The van der Waals surface area contributed by atoms with Crippen LogP contribution >= 0.6 is 49.9 Å². The molecular weight excluding hydrogens is 385 g/mol. The van der Waals surface area contributed by atoms with Crippen LogP contribution in [0.2, 0.25) is 0 Å². The third-order valence-electron chi connectivity index (χ3n) is 2.17. The summed E-state index contributed by atoms with van der Waals surface area (Å²) in [5.41, 5.74) is 7.42. The van der Waals surface area contributed by atoms with Crippen molar-refractivity contribution in [1.82, 2.24) is 0 Å². The van der Waals surface area contributed by atoms with Gasteiger partial charge in [-0.3, -0.25) is 0 Å². The van der Waals surface area contributed by atoms with Gasteiger partial charge in [0.2, 0.25) is 0 Å². The molecule has 0 saturated heterocycles. The van der Waals surface area contributed by atoms with Gasteiger partial charge >= 0.3 is 0 Å². The summed E-state index contributed by atoms with van der Waals surface area (Å²) in [4.78, 5) is 1.18. The number of thiophene rings is 1. The largest absolute Gasteiger partial charge is 0.320 e. The first-order valence-corrected chi connectivity index (χ1v) is 7.18. The highest BCUT2D eigenvalue weighted by atomic mass is 127. The van der Waals surface area contributed by atoms with Crippen molar-refractivity contribution in [2.45, 2.75) is 6.04 Å². The molecule has 78 valence electrons. The van der Waals surface area contributed by atoms with Gasteiger partial charge in [-0.15, -0.1) is 11.3 Å². The van der Waals surface area contributed by atoms with Crippen molar-refractivity contribution in [3.8, 4) is 0 Å². The molecule has 1 heterocycles. The molecule has 0 aliphatic carbocycles. The topological polar surface area (TPSA) is 26.0 Å². The zero-order chi connectivity index (χ0) is 10.8. The number of rotatable bonds is 2. The van der Waals surface area contributed by atoms with Crippen LogP contribution < -0.4 is 5.73 Å². The van der Waals surface area contributed by atoms with Crippen molar-refractivity contribution >= 4 is 49.9 Å². The highest BCUT2D eigenvalue weighted by Gasteiger charge is 2.15. The zero-order valence-electron chi connectivity index (χ0n) is 7.78. The first-order chi connectivity index (χ1) is 7.20. The van der Waals surface area contributed by atoms with Crippen LogP contribution in [-0.4, -0.2) is 0 Å². The van der Waals surface area contributed by atoms with Crippen LogP contribution in [0.25, 0.3) is 0 Å². The predicted octanol–water partition coefficient (Wildman–Crippen LogP) is 4.16. The van der Waals surface area contributed by atoms with E-state index in [0.717, 1.165) is 4.47 Å². The second kappa shape index (κ2) is 4.95. The summed E-state index contributed by atoms with van der Waals surface area (Å²) >= 11 is 7.52. The number of hydrogen-bond acceptors (Lipinski definition) is 2. The third kappa shape index (κ3) is 2.43. The van der Waals surface area contributed by atoms with Crippen LogP contribution in [0, 0.1) is 3.57 Å². The lowest BCUT2D eigenvalue weighted by Gasteiger charge is -2.12. The summed E-state index contributed by atoms with van der Waals surface area (Å²) in [6, 6.07) is 10.2. The van der Waals surface area contributed by atoms with Crippen molar-refractivity contribution in [1.29, 1.82) is 0 Å². The molecule has 0 aliphatic rings. The summed E-state index contributed by atoms with van der Waals surface area (Å²) in [5.74, 6) is 0. The minimum absolute atomic E-state index is 0.0347. The molecule has 1 atom stereocenters. The Morgan fingerprint density at radius 3 is 2.60 bits per heavy atom. The van der Waals surface area contributed by atoms with E-state index in [0.29, 0.717) is 0 Å².